The highest BCUT2D eigenvalue weighted by Gasteiger charge is 2.52. The fourth-order valence-electron chi connectivity index (χ4n) is 6.48. The fourth-order valence-corrected chi connectivity index (χ4v) is 6.48. The van der Waals surface area contributed by atoms with Crippen LogP contribution in [0.5, 0.6) is 0 Å². The first-order valence-electron chi connectivity index (χ1n) is 18.1. The third kappa shape index (κ3) is 13.1. The van der Waals surface area contributed by atoms with Crippen LogP contribution in [-0.4, -0.2) is 112 Å². The molecule has 4 atom stereocenters. The number of esters is 4. The van der Waals surface area contributed by atoms with Gasteiger partial charge in [-0.25, -0.2) is 19.2 Å². The molecule has 0 aromatic heterocycles. The predicted octanol–water partition coefficient (Wildman–Crippen LogP) is 4.05. The van der Waals surface area contributed by atoms with Gasteiger partial charge in [-0.3, -0.25) is 9.59 Å². The molecule has 2 saturated heterocycles. The Bertz CT molecular complexity index is 1140. The molecular weight excluding hydrogens is 688 g/mol. The molecule has 2 heterocycles. The minimum absolute atomic E-state index is 0.122. The van der Waals surface area contributed by atoms with Crippen LogP contribution in [0.2, 0.25) is 0 Å². The number of ether oxygens (including phenoxy) is 10. The van der Waals surface area contributed by atoms with Crippen LogP contribution in [0.3, 0.4) is 0 Å². The van der Waals surface area contributed by atoms with Gasteiger partial charge in [0.1, 0.15) is 24.4 Å². The maximum absolute atomic E-state index is 13.0. The second-order valence-electron chi connectivity index (χ2n) is 13.1. The van der Waals surface area contributed by atoms with E-state index in [1.165, 1.54) is 0 Å². The molecule has 3 unspecified atom stereocenters. The molecule has 4 fully saturated rings. The van der Waals surface area contributed by atoms with Crippen LogP contribution in [0.1, 0.15) is 77.0 Å². The lowest BCUT2D eigenvalue weighted by Gasteiger charge is -2.28. The summed E-state index contributed by atoms with van der Waals surface area (Å²) in [6.07, 6.45) is 3.53. The van der Waals surface area contributed by atoms with Crippen molar-refractivity contribution in [3.63, 3.8) is 0 Å². The first-order chi connectivity index (χ1) is 25.2. The highest BCUT2D eigenvalue weighted by Crippen LogP contribution is 2.35. The van der Waals surface area contributed by atoms with Gasteiger partial charge in [-0.05, 0) is 77.0 Å². The Morgan fingerprint density at radius 1 is 0.500 bits per heavy atom. The van der Waals surface area contributed by atoms with Gasteiger partial charge in [-0.15, -0.1) is 0 Å². The van der Waals surface area contributed by atoms with Crippen LogP contribution in [0.15, 0.2) is 25.3 Å². The van der Waals surface area contributed by atoms with Gasteiger partial charge in [-0.2, -0.15) is 0 Å². The molecule has 0 bridgehead atoms. The van der Waals surface area contributed by atoms with Crippen molar-refractivity contribution < 1.29 is 76.1 Å². The average Bonchev–Trinajstić information content (AvgIpc) is 3.74. The second kappa shape index (κ2) is 21.4. The summed E-state index contributed by atoms with van der Waals surface area (Å²) in [5, 5.41) is 0. The van der Waals surface area contributed by atoms with Gasteiger partial charge in [0.15, 0.2) is 12.2 Å². The van der Waals surface area contributed by atoms with E-state index in [0.29, 0.717) is 77.0 Å². The van der Waals surface area contributed by atoms with E-state index in [0.717, 1.165) is 12.2 Å². The van der Waals surface area contributed by atoms with E-state index >= 15 is 0 Å². The summed E-state index contributed by atoms with van der Waals surface area (Å²) in [5.41, 5.74) is 0. The highest BCUT2D eigenvalue weighted by molar-refractivity contribution is 5.81. The quantitative estimate of drug-likeness (QED) is 0.0845. The Hall–Kier alpha value is -4.18. The van der Waals surface area contributed by atoms with E-state index in [-0.39, 0.29) is 75.6 Å². The van der Waals surface area contributed by atoms with Gasteiger partial charge in [0.2, 0.25) is 0 Å². The monoisotopic (exact) mass is 738 g/mol. The van der Waals surface area contributed by atoms with E-state index in [2.05, 4.69) is 13.2 Å². The Kier molecular flexibility index (Phi) is 16.7. The number of carbonyl (C=O) groups excluding carboxylic acids is 6. The van der Waals surface area contributed by atoms with Crippen LogP contribution in [0, 0.1) is 11.8 Å². The fraction of sp³-hybridized carbons (Fsp3) is 0.722. The Morgan fingerprint density at radius 3 is 1.19 bits per heavy atom. The summed E-state index contributed by atoms with van der Waals surface area (Å²) in [6.45, 7) is 7.57. The van der Waals surface area contributed by atoms with Gasteiger partial charge < -0.3 is 47.4 Å². The summed E-state index contributed by atoms with van der Waals surface area (Å²) in [4.78, 5) is 72.1. The molecule has 0 aromatic rings. The van der Waals surface area contributed by atoms with Crippen molar-refractivity contribution in [2.75, 3.05) is 39.6 Å². The number of hydrogen-bond acceptors (Lipinski definition) is 16. The molecule has 16 heteroatoms. The number of hydrogen-bond donors (Lipinski definition) is 0. The number of unbranched alkanes of at least 4 members (excludes halogenated alkanes) is 2. The molecule has 0 amide bonds. The summed E-state index contributed by atoms with van der Waals surface area (Å²) < 4.78 is 54.0. The minimum Gasteiger partial charge on any atom is -0.463 e. The molecule has 2 saturated carbocycles. The van der Waals surface area contributed by atoms with E-state index in [9.17, 15) is 28.8 Å². The molecule has 290 valence electrons. The number of carbonyl (C=O) groups is 6. The normalized spacial score (nSPS) is 27.9. The first kappa shape index (κ1) is 40.6. The van der Waals surface area contributed by atoms with Crippen LogP contribution < -0.4 is 0 Å². The predicted molar refractivity (Wildman–Crippen MR) is 176 cm³/mol. The average molecular weight is 739 g/mol. The zero-order valence-corrected chi connectivity index (χ0v) is 29.4. The van der Waals surface area contributed by atoms with Crippen LogP contribution in [-0.2, 0) is 66.5 Å². The largest absolute Gasteiger partial charge is 0.508 e. The smallest absolute Gasteiger partial charge is 0.463 e. The first-order valence-corrected chi connectivity index (χ1v) is 18.1. The zero-order chi connectivity index (χ0) is 37.3. The molecule has 0 spiro atoms. The minimum atomic E-state index is -0.772. The van der Waals surface area contributed by atoms with Gasteiger partial charge in [0.25, 0.3) is 0 Å². The van der Waals surface area contributed by atoms with E-state index in [4.69, 9.17) is 47.4 Å². The lowest BCUT2D eigenvalue weighted by Crippen LogP contribution is -2.38. The molecule has 4 aliphatic rings. The van der Waals surface area contributed by atoms with Gasteiger partial charge in [0, 0.05) is 12.2 Å². The summed E-state index contributed by atoms with van der Waals surface area (Å²) >= 11 is 0. The third-order valence-electron chi connectivity index (χ3n) is 9.38. The summed E-state index contributed by atoms with van der Waals surface area (Å²) in [5.74, 6) is -2.45. The van der Waals surface area contributed by atoms with Crippen LogP contribution in [0.4, 0.5) is 9.59 Å². The van der Waals surface area contributed by atoms with Crippen molar-refractivity contribution in [1.82, 2.24) is 0 Å². The lowest BCUT2D eigenvalue weighted by atomic mass is 9.87. The Morgan fingerprint density at radius 2 is 0.846 bits per heavy atom. The molecule has 0 radical (unpaired) electrons. The molecule has 2 aliphatic heterocycles. The SMILES string of the molecule is C=CC(=O)OCCCCOC(=O)OC1CCC(C(=O)OC2COC3C2OC[C@@H]3OC(=O)C2CCC(OC(=O)OCCCCOC(=O)C=C)CC2)CC1. The number of rotatable bonds is 18. The van der Waals surface area contributed by atoms with Gasteiger partial charge >= 0.3 is 36.2 Å². The molecule has 0 aromatic carbocycles. The topological polar surface area (TPSA) is 195 Å². The zero-order valence-electron chi connectivity index (χ0n) is 29.4. The van der Waals surface area contributed by atoms with Gasteiger partial charge in [-0.1, -0.05) is 13.2 Å². The second-order valence-corrected chi connectivity index (χ2v) is 13.1. The molecule has 4 rings (SSSR count). The third-order valence-corrected chi connectivity index (χ3v) is 9.38. The molecular formula is C36H50O16. The van der Waals surface area contributed by atoms with E-state index in [1.807, 2.05) is 0 Å². The molecule has 0 N–H and O–H groups in total. The van der Waals surface area contributed by atoms with Crippen molar-refractivity contribution in [2.45, 2.75) is 114 Å². The summed E-state index contributed by atoms with van der Waals surface area (Å²) in [6, 6.07) is 0. The molecule has 16 nitrogen and oxygen atoms in total. The van der Waals surface area contributed by atoms with Gasteiger partial charge in [0.05, 0.1) is 51.5 Å². The van der Waals surface area contributed by atoms with Crippen molar-refractivity contribution >= 4 is 36.2 Å². The number of fused-ring (bicyclic) bond motifs is 1. The summed E-state index contributed by atoms with van der Waals surface area (Å²) in [7, 11) is 0. The van der Waals surface area contributed by atoms with Crippen molar-refractivity contribution in [3.05, 3.63) is 25.3 Å². The van der Waals surface area contributed by atoms with E-state index < -0.39 is 48.7 Å². The standard InChI is InChI=1S/C36H50O16/c1-3-29(37)43-17-5-7-19-45-35(41)49-25-13-9-23(10-14-25)33(39)51-27-21-47-32-28(22-48-31(27)32)52-34(40)24-11-15-26(16-12-24)50-36(42)46-20-8-6-18-44-30(38)4-2/h3-4,23-28,31-32H,1-2,5-22H2/t23?,24?,25?,26?,27-,28?,31?,32?/m0/s1. The Balaban J connectivity index is 1.05. The van der Waals surface area contributed by atoms with Crippen molar-refractivity contribution in [3.8, 4) is 0 Å². The maximum atomic E-state index is 13.0. The Labute approximate surface area is 302 Å². The van der Waals surface area contributed by atoms with Crippen LogP contribution >= 0.6 is 0 Å². The molecule has 52 heavy (non-hydrogen) atoms. The van der Waals surface area contributed by atoms with Crippen molar-refractivity contribution in [1.29, 1.82) is 0 Å². The highest BCUT2D eigenvalue weighted by atomic mass is 16.7. The maximum Gasteiger partial charge on any atom is 0.508 e. The van der Waals surface area contributed by atoms with Crippen LogP contribution in [0.25, 0.3) is 0 Å². The van der Waals surface area contributed by atoms with Crippen molar-refractivity contribution in [2.24, 2.45) is 11.8 Å². The van der Waals surface area contributed by atoms with E-state index in [1.54, 1.807) is 0 Å². The molecule has 2 aliphatic carbocycles. The lowest BCUT2D eigenvalue weighted by molar-refractivity contribution is -0.162.